The van der Waals surface area contributed by atoms with Crippen LogP contribution in [-0.4, -0.2) is 36.2 Å². The van der Waals surface area contributed by atoms with E-state index >= 15 is 0 Å². The van der Waals surface area contributed by atoms with E-state index in [-0.39, 0.29) is 18.6 Å². The average Bonchev–Trinajstić information content (AvgIpc) is 2.47. The predicted molar refractivity (Wildman–Crippen MR) is 89.3 cm³/mol. The third kappa shape index (κ3) is 8.35. The second-order valence-electron chi connectivity index (χ2n) is 6.06. The normalized spacial score (nSPS) is 12.2. The number of ether oxygens (including phenoxy) is 1. The quantitative estimate of drug-likeness (QED) is 0.649. The van der Waals surface area contributed by atoms with Crippen LogP contribution < -0.4 is 5.32 Å². The third-order valence-electron chi connectivity index (χ3n) is 3.46. The molecule has 2 N–H and O–H groups in total. The standard InChI is InChI=1S/C18H27NO4/c1-13(2)23-9-5-8-17(20)19-12-16(18(21)22)11-15-7-4-6-14(3)10-15/h4,6-7,10,13,16H,5,8-9,11-12H2,1-3H3,(H,19,20)(H,21,22). The minimum absolute atomic E-state index is 0.132. The number of benzene rings is 1. The van der Waals surface area contributed by atoms with Crippen LogP contribution in [0.15, 0.2) is 24.3 Å². The fourth-order valence-electron chi connectivity index (χ4n) is 2.25. The van der Waals surface area contributed by atoms with Gasteiger partial charge in [-0.1, -0.05) is 29.8 Å². The minimum Gasteiger partial charge on any atom is -0.481 e. The molecule has 1 atom stereocenters. The summed E-state index contributed by atoms with van der Waals surface area (Å²) in [6, 6.07) is 7.77. The summed E-state index contributed by atoms with van der Waals surface area (Å²) < 4.78 is 5.37. The summed E-state index contributed by atoms with van der Waals surface area (Å²) in [5.41, 5.74) is 2.07. The highest BCUT2D eigenvalue weighted by molar-refractivity contribution is 5.77. The first-order valence-electron chi connectivity index (χ1n) is 8.05. The molecule has 128 valence electrons. The summed E-state index contributed by atoms with van der Waals surface area (Å²) >= 11 is 0. The van der Waals surface area contributed by atoms with Crippen molar-refractivity contribution in [1.29, 1.82) is 0 Å². The van der Waals surface area contributed by atoms with Crippen LogP contribution in [0.5, 0.6) is 0 Å². The van der Waals surface area contributed by atoms with Crippen LogP contribution in [0.1, 0.15) is 37.8 Å². The van der Waals surface area contributed by atoms with E-state index in [0.717, 1.165) is 11.1 Å². The molecule has 0 aliphatic heterocycles. The summed E-state index contributed by atoms with van der Waals surface area (Å²) in [5.74, 6) is -1.64. The molecule has 0 aromatic heterocycles. The number of aliphatic carboxylic acids is 1. The van der Waals surface area contributed by atoms with Gasteiger partial charge in [-0.05, 0) is 39.2 Å². The summed E-state index contributed by atoms with van der Waals surface area (Å²) in [4.78, 5) is 23.1. The van der Waals surface area contributed by atoms with Crippen LogP contribution in [0, 0.1) is 12.8 Å². The Morgan fingerprint density at radius 3 is 2.65 bits per heavy atom. The highest BCUT2D eigenvalue weighted by atomic mass is 16.5. The van der Waals surface area contributed by atoms with Gasteiger partial charge in [0.1, 0.15) is 0 Å². The van der Waals surface area contributed by atoms with Crippen LogP contribution >= 0.6 is 0 Å². The molecular formula is C18H27NO4. The van der Waals surface area contributed by atoms with E-state index < -0.39 is 11.9 Å². The molecule has 23 heavy (non-hydrogen) atoms. The van der Waals surface area contributed by atoms with E-state index in [1.165, 1.54) is 0 Å². The second-order valence-corrected chi connectivity index (χ2v) is 6.06. The van der Waals surface area contributed by atoms with Gasteiger partial charge in [0, 0.05) is 19.6 Å². The summed E-state index contributed by atoms with van der Waals surface area (Å²) in [6.45, 7) is 6.55. The summed E-state index contributed by atoms with van der Waals surface area (Å²) in [6.07, 6.45) is 1.56. The van der Waals surface area contributed by atoms with Crippen molar-refractivity contribution in [3.8, 4) is 0 Å². The van der Waals surface area contributed by atoms with E-state index in [1.54, 1.807) is 0 Å². The van der Waals surface area contributed by atoms with Gasteiger partial charge in [-0.2, -0.15) is 0 Å². The van der Waals surface area contributed by atoms with Gasteiger partial charge in [0.2, 0.25) is 5.91 Å². The number of aryl methyl sites for hydroxylation is 1. The number of carbonyl (C=O) groups excluding carboxylic acids is 1. The predicted octanol–water partition coefficient (Wildman–Crippen LogP) is 2.56. The van der Waals surface area contributed by atoms with Crippen molar-refractivity contribution in [2.75, 3.05) is 13.2 Å². The molecule has 0 saturated heterocycles. The maximum absolute atomic E-state index is 11.8. The lowest BCUT2D eigenvalue weighted by Crippen LogP contribution is -2.34. The Balaban J connectivity index is 2.38. The molecule has 1 amide bonds. The van der Waals surface area contributed by atoms with Crippen LogP contribution in [0.3, 0.4) is 0 Å². The van der Waals surface area contributed by atoms with Crippen LogP contribution in [-0.2, 0) is 20.7 Å². The molecule has 0 heterocycles. The Morgan fingerprint density at radius 2 is 2.04 bits per heavy atom. The average molecular weight is 321 g/mol. The molecule has 0 fully saturated rings. The van der Waals surface area contributed by atoms with Gasteiger partial charge in [-0.15, -0.1) is 0 Å². The number of amides is 1. The van der Waals surface area contributed by atoms with E-state index in [9.17, 15) is 14.7 Å². The SMILES string of the molecule is Cc1cccc(CC(CNC(=O)CCCOC(C)C)C(=O)O)c1. The Morgan fingerprint density at radius 1 is 1.30 bits per heavy atom. The minimum atomic E-state index is -0.894. The molecule has 0 radical (unpaired) electrons. The number of hydrogen-bond acceptors (Lipinski definition) is 3. The molecule has 0 aliphatic rings. The van der Waals surface area contributed by atoms with Gasteiger partial charge in [0.15, 0.2) is 0 Å². The number of carboxylic acids is 1. The Bertz CT molecular complexity index is 513. The zero-order chi connectivity index (χ0) is 17.2. The topological polar surface area (TPSA) is 75.6 Å². The molecule has 1 aromatic rings. The Hall–Kier alpha value is -1.88. The molecule has 1 unspecified atom stereocenters. The first-order valence-corrected chi connectivity index (χ1v) is 8.05. The summed E-state index contributed by atoms with van der Waals surface area (Å²) in [7, 11) is 0. The van der Waals surface area contributed by atoms with Gasteiger partial charge in [-0.25, -0.2) is 0 Å². The van der Waals surface area contributed by atoms with Crippen molar-refractivity contribution in [1.82, 2.24) is 5.32 Å². The molecule has 5 heteroatoms. The zero-order valence-corrected chi connectivity index (χ0v) is 14.2. The Labute approximate surface area is 138 Å². The van der Waals surface area contributed by atoms with E-state index in [1.807, 2.05) is 45.0 Å². The first-order chi connectivity index (χ1) is 10.9. The fourth-order valence-corrected chi connectivity index (χ4v) is 2.25. The van der Waals surface area contributed by atoms with E-state index in [2.05, 4.69) is 5.32 Å². The van der Waals surface area contributed by atoms with Gasteiger partial charge in [0.25, 0.3) is 0 Å². The number of hydrogen-bond donors (Lipinski definition) is 2. The molecule has 1 aromatic carbocycles. The van der Waals surface area contributed by atoms with Crippen molar-refractivity contribution < 1.29 is 19.4 Å². The lowest BCUT2D eigenvalue weighted by atomic mass is 9.98. The van der Waals surface area contributed by atoms with Gasteiger partial charge in [0.05, 0.1) is 12.0 Å². The van der Waals surface area contributed by atoms with Crippen molar-refractivity contribution in [3.05, 3.63) is 35.4 Å². The highest BCUT2D eigenvalue weighted by Gasteiger charge is 2.19. The lowest BCUT2D eigenvalue weighted by Gasteiger charge is -2.14. The second kappa shape index (κ2) is 10.0. The third-order valence-corrected chi connectivity index (χ3v) is 3.46. The molecule has 0 spiro atoms. The van der Waals surface area contributed by atoms with E-state index in [0.29, 0.717) is 25.9 Å². The van der Waals surface area contributed by atoms with Crippen molar-refractivity contribution in [3.63, 3.8) is 0 Å². The molecule has 0 aliphatic carbocycles. The number of carbonyl (C=O) groups is 2. The van der Waals surface area contributed by atoms with Crippen LogP contribution in [0.4, 0.5) is 0 Å². The fraction of sp³-hybridized carbons (Fsp3) is 0.556. The Kier molecular flexibility index (Phi) is 8.33. The molecular weight excluding hydrogens is 294 g/mol. The number of carboxylic acid groups (broad SMARTS) is 1. The highest BCUT2D eigenvalue weighted by Crippen LogP contribution is 2.11. The molecule has 0 saturated carbocycles. The van der Waals surface area contributed by atoms with Crippen LogP contribution in [0.2, 0.25) is 0 Å². The lowest BCUT2D eigenvalue weighted by molar-refractivity contribution is -0.141. The first kappa shape index (κ1) is 19.2. The largest absolute Gasteiger partial charge is 0.481 e. The number of nitrogens with one attached hydrogen (secondary N) is 1. The molecule has 5 nitrogen and oxygen atoms in total. The van der Waals surface area contributed by atoms with Crippen LogP contribution in [0.25, 0.3) is 0 Å². The molecule has 0 bridgehead atoms. The van der Waals surface area contributed by atoms with Gasteiger partial charge >= 0.3 is 5.97 Å². The van der Waals surface area contributed by atoms with Gasteiger partial charge < -0.3 is 15.2 Å². The van der Waals surface area contributed by atoms with Crippen molar-refractivity contribution in [2.24, 2.45) is 5.92 Å². The zero-order valence-electron chi connectivity index (χ0n) is 14.2. The van der Waals surface area contributed by atoms with Gasteiger partial charge in [-0.3, -0.25) is 9.59 Å². The maximum atomic E-state index is 11.8. The maximum Gasteiger partial charge on any atom is 0.308 e. The smallest absolute Gasteiger partial charge is 0.308 e. The van der Waals surface area contributed by atoms with E-state index in [4.69, 9.17) is 4.74 Å². The van der Waals surface area contributed by atoms with Crippen molar-refractivity contribution in [2.45, 2.75) is 46.1 Å². The summed E-state index contributed by atoms with van der Waals surface area (Å²) in [5, 5.41) is 12.0. The monoisotopic (exact) mass is 321 g/mol. The molecule has 1 rings (SSSR count). The number of rotatable bonds is 10. The van der Waals surface area contributed by atoms with Crippen molar-refractivity contribution >= 4 is 11.9 Å².